The third-order valence-electron chi connectivity index (χ3n) is 4.77. The molecule has 1 spiro atoms. The maximum atomic E-state index is 12.7. The van der Waals surface area contributed by atoms with Crippen LogP contribution >= 0.6 is 12.4 Å². The SMILES string of the molecule is Cl.O=C(c1coc2ccccc12)N1CCC2(CCNC2)C1. The number of hydrogen-bond acceptors (Lipinski definition) is 3. The number of rotatable bonds is 1. The molecule has 2 aliphatic rings. The topological polar surface area (TPSA) is 45.5 Å². The van der Waals surface area contributed by atoms with Gasteiger partial charge in [-0.3, -0.25) is 4.79 Å². The number of furan rings is 1. The Hall–Kier alpha value is -1.52. The molecule has 2 aliphatic heterocycles. The molecule has 0 radical (unpaired) electrons. The van der Waals surface area contributed by atoms with Gasteiger partial charge in [-0.15, -0.1) is 12.4 Å². The first-order valence-corrected chi connectivity index (χ1v) is 7.24. The van der Waals surface area contributed by atoms with Crippen LogP contribution in [0.5, 0.6) is 0 Å². The predicted molar refractivity (Wildman–Crippen MR) is 83.9 cm³/mol. The molecule has 21 heavy (non-hydrogen) atoms. The predicted octanol–water partition coefficient (Wildman–Crippen LogP) is 2.68. The van der Waals surface area contributed by atoms with Crippen LogP contribution in [0.1, 0.15) is 23.2 Å². The van der Waals surface area contributed by atoms with E-state index in [9.17, 15) is 4.79 Å². The summed E-state index contributed by atoms with van der Waals surface area (Å²) in [6.45, 7) is 3.86. The van der Waals surface area contributed by atoms with Crippen LogP contribution in [0.15, 0.2) is 34.9 Å². The minimum Gasteiger partial charge on any atom is -0.463 e. The van der Waals surface area contributed by atoms with Crippen LogP contribution in [0, 0.1) is 5.41 Å². The number of nitrogens with one attached hydrogen (secondary N) is 1. The van der Waals surface area contributed by atoms with Gasteiger partial charge in [-0.1, -0.05) is 18.2 Å². The molecule has 3 heterocycles. The smallest absolute Gasteiger partial charge is 0.257 e. The molecule has 0 aliphatic carbocycles. The number of nitrogens with zero attached hydrogens (tertiary/aromatic N) is 1. The summed E-state index contributed by atoms with van der Waals surface area (Å²) in [6.07, 6.45) is 3.90. The maximum absolute atomic E-state index is 12.7. The highest BCUT2D eigenvalue weighted by atomic mass is 35.5. The van der Waals surface area contributed by atoms with Crippen molar-refractivity contribution >= 4 is 29.3 Å². The van der Waals surface area contributed by atoms with Crippen molar-refractivity contribution in [1.82, 2.24) is 10.2 Å². The highest BCUT2D eigenvalue weighted by Crippen LogP contribution is 2.37. The molecule has 1 atom stereocenters. The first kappa shape index (κ1) is 14.4. The Morgan fingerprint density at radius 2 is 2.14 bits per heavy atom. The van der Waals surface area contributed by atoms with Gasteiger partial charge in [0, 0.05) is 30.4 Å². The van der Waals surface area contributed by atoms with Crippen LogP contribution in [-0.2, 0) is 0 Å². The lowest BCUT2D eigenvalue weighted by Crippen LogP contribution is -2.33. The zero-order valence-electron chi connectivity index (χ0n) is 11.8. The molecular weight excluding hydrogens is 288 g/mol. The molecule has 112 valence electrons. The average Bonchev–Trinajstić information content (AvgIpc) is 3.20. The summed E-state index contributed by atoms with van der Waals surface area (Å²) in [7, 11) is 0. The Kier molecular flexibility index (Phi) is 3.68. The van der Waals surface area contributed by atoms with Gasteiger partial charge in [-0.2, -0.15) is 0 Å². The molecule has 1 amide bonds. The Labute approximate surface area is 129 Å². The average molecular weight is 307 g/mol. The Morgan fingerprint density at radius 1 is 1.29 bits per heavy atom. The number of carbonyl (C=O) groups excluding carboxylic acids is 1. The molecular formula is C16H19ClN2O2. The summed E-state index contributed by atoms with van der Waals surface area (Å²) in [5, 5.41) is 4.34. The quantitative estimate of drug-likeness (QED) is 0.881. The van der Waals surface area contributed by atoms with Crippen molar-refractivity contribution in [3.63, 3.8) is 0 Å². The third kappa shape index (κ3) is 2.32. The second-order valence-corrected chi connectivity index (χ2v) is 6.05. The van der Waals surface area contributed by atoms with Crippen LogP contribution in [0.4, 0.5) is 0 Å². The van der Waals surface area contributed by atoms with E-state index in [4.69, 9.17) is 4.42 Å². The third-order valence-corrected chi connectivity index (χ3v) is 4.77. The summed E-state index contributed by atoms with van der Waals surface area (Å²) >= 11 is 0. The molecule has 2 aromatic rings. The Morgan fingerprint density at radius 3 is 2.95 bits per heavy atom. The molecule has 0 saturated carbocycles. The molecule has 1 N–H and O–H groups in total. The van der Waals surface area contributed by atoms with E-state index >= 15 is 0 Å². The number of para-hydroxylation sites is 1. The standard InChI is InChI=1S/C16H18N2O2.ClH/c19-15(13-9-20-14-4-2-1-3-12(13)14)18-8-6-16(11-18)5-7-17-10-16;/h1-4,9,17H,5-8,10-11H2;1H. The van der Waals surface area contributed by atoms with Crippen molar-refractivity contribution in [1.29, 1.82) is 0 Å². The van der Waals surface area contributed by atoms with Gasteiger partial charge in [0.15, 0.2) is 0 Å². The molecule has 4 rings (SSSR count). The van der Waals surface area contributed by atoms with E-state index in [2.05, 4.69) is 5.32 Å². The molecule has 5 heteroatoms. The van der Waals surface area contributed by atoms with E-state index in [-0.39, 0.29) is 18.3 Å². The minimum absolute atomic E-state index is 0. The highest BCUT2D eigenvalue weighted by molar-refractivity contribution is 6.06. The number of hydrogen-bond donors (Lipinski definition) is 1. The second kappa shape index (κ2) is 5.35. The van der Waals surface area contributed by atoms with Crippen molar-refractivity contribution in [3.05, 3.63) is 36.1 Å². The zero-order chi connectivity index (χ0) is 13.6. The molecule has 2 fully saturated rings. The molecule has 1 aromatic carbocycles. The molecule has 0 bridgehead atoms. The number of carbonyl (C=O) groups is 1. The first-order chi connectivity index (χ1) is 9.77. The van der Waals surface area contributed by atoms with Crippen molar-refractivity contribution < 1.29 is 9.21 Å². The lowest BCUT2D eigenvalue weighted by atomic mass is 9.86. The number of fused-ring (bicyclic) bond motifs is 1. The second-order valence-electron chi connectivity index (χ2n) is 6.05. The van der Waals surface area contributed by atoms with E-state index in [1.54, 1.807) is 6.26 Å². The van der Waals surface area contributed by atoms with Crippen LogP contribution in [0.3, 0.4) is 0 Å². The van der Waals surface area contributed by atoms with Crippen molar-refractivity contribution in [2.24, 2.45) is 5.41 Å². The van der Waals surface area contributed by atoms with Crippen LogP contribution in [0.2, 0.25) is 0 Å². The summed E-state index contributed by atoms with van der Waals surface area (Å²) < 4.78 is 5.49. The van der Waals surface area contributed by atoms with E-state index in [0.717, 1.165) is 43.6 Å². The van der Waals surface area contributed by atoms with Crippen LogP contribution < -0.4 is 5.32 Å². The lowest BCUT2D eigenvalue weighted by Gasteiger charge is -2.22. The van der Waals surface area contributed by atoms with Gasteiger partial charge in [-0.05, 0) is 25.5 Å². The monoisotopic (exact) mass is 306 g/mol. The van der Waals surface area contributed by atoms with Crippen molar-refractivity contribution in [2.75, 3.05) is 26.2 Å². The van der Waals surface area contributed by atoms with Gasteiger partial charge in [0.1, 0.15) is 11.8 Å². The van der Waals surface area contributed by atoms with E-state index in [1.807, 2.05) is 29.2 Å². The van der Waals surface area contributed by atoms with E-state index in [0.29, 0.717) is 11.0 Å². The van der Waals surface area contributed by atoms with Crippen LogP contribution in [0.25, 0.3) is 11.0 Å². The van der Waals surface area contributed by atoms with Gasteiger partial charge in [-0.25, -0.2) is 0 Å². The van der Waals surface area contributed by atoms with Crippen LogP contribution in [-0.4, -0.2) is 37.0 Å². The summed E-state index contributed by atoms with van der Waals surface area (Å²) in [6, 6.07) is 7.73. The fourth-order valence-corrected chi connectivity index (χ4v) is 3.57. The molecule has 2 saturated heterocycles. The Bertz CT molecular complexity index is 661. The number of halogens is 1. The highest BCUT2D eigenvalue weighted by Gasteiger charge is 2.42. The van der Waals surface area contributed by atoms with Gasteiger partial charge in [0.05, 0.1) is 5.56 Å². The van der Waals surface area contributed by atoms with Gasteiger partial charge >= 0.3 is 0 Å². The van der Waals surface area contributed by atoms with Crippen molar-refractivity contribution in [3.8, 4) is 0 Å². The zero-order valence-corrected chi connectivity index (χ0v) is 12.6. The molecule has 1 aromatic heterocycles. The van der Waals surface area contributed by atoms with Crippen molar-refractivity contribution in [2.45, 2.75) is 12.8 Å². The summed E-state index contributed by atoms with van der Waals surface area (Å²) in [5.41, 5.74) is 1.80. The minimum atomic E-state index is 0. The fraction of sp³-hybridized carbons (Fsp3) is 0.438. The fourth-order valence-electron chi connectivity index (χ4n) is 3.57. The summed E-state index contributed by atoms with van der Waals surface area (Å²) in [5.74, 6) is 0.110. The molecule has 4 nitrogen and oxygen atoms in total. The summed E-state index contributed by atoms with van der Waals surface area (Å²) in [4.78, 5) is 14.7. The number of likely N-dealkylation sites (tertiary alicyclic amines) is 1. The first-order valence-electron chi connectivity index (χ1n) is 7.24. The largest absolute Gasteiger partial charge is 0.463 e. The van der Waals surface area contributed by atoms with E-state index in [1.165, 1.54) is 6.42 Å². The number of benzene rings is 1. The number of amides is 1. The lowest BCUT2D eigenvalue weighted by molar-refractivity contribution is 0.0776. The normalized spacial score (nSPS) is 24.7. The Balaban J connectivity index is 0.00000132. The van der Waals surface area contributed by atoms with E-state index < -0.39 is 0 Å². The van der Waals surface area contributed by atoms with Gasteiger partial charge < -0.3 is 14.6 Å². The van der Waals surface area contributed by atoms with Gasteiger partial charge in [0.25, 0.3) is 5.91 Å². The molecule has 1 unspecified atom stereocenters. The van der Waals surface area contributed by atoms with Gasteiger partial charge in [0.2, 0.25) is 0 Å². The maximum Gasteiger partial charge on any atom is 0.257 e.